The van der Waals surface area contributed by atoms with Gasteiger partial charge in [0.1, 0.15) is 6.26 Å². The zero-order valence-electron chi connectivity index (χ0n) is 10.5. The molecule has 2 rings (SSSR count). The second kappa shape index (κ2) is 5.87. The van der Waals surface area contributed by atoms with Gasteiger partial charge in [0.2, 0.25) is 0 Å². The molecule has 1 aliphatic carbocycles. The van der Waals surface area contributed by atoms with E-state index in [2.05, 4.69) is 29.4 Å². The van der Waals surface area contributed by atoms with E-state index >= 15 is 0 Å². The predicted octanol–water partition coefficient (Wildman–Crippen LogP) is 2.38. The lowest BCUT2D eigenvalue weighted by Gasteiger charge is -2.24. The average molecular weight is 236 g/mol. The summed E-state index contributed by atoms with van der Waals surface area (Å²) >= 11 is 0. The van der Waals surface area contributed by atoms with Crippen LogP contribution in [0.2, 0.25) is 0 Å². The largest absolute Gasteiger partial charge is 0.450 e. The number of nitrogens with one attached hydrogen (secondary N) is 1. The Labute approximate surface area is 102 Å². The van der Waals surface area contributed by atoms with Gasteiger partial charge in [0.05, 0.1) is 12.3 Å². The van der Waals surface area contributed by atoms with Crippen molar-refractivity contribution >= 4 is 0 Å². The first-order valence-corrected chi connectivity index (χ1v) is 6.16. The van der Waals surface area contributed by atoms with E-state index in [0.717, 1.165) is 18.5 Å². The molecule has 1 heterocycles. The molecule has 0 bridgehead atoms. The van der Waals surface area contributed by atoms with Gasteiger partial charge in [0.25, 0.3) is 0 Å². The first kappa shape index (κ1) is 12.2. The van der Waals surface area contributed by atoms with Crippen molar-refractivity contribution in [1.29, 1.82) is 0 Å². The lowest BCUT2D eigenvalue weighted by Crippen LogP contribution is -2.21. The first-order valence-electron chi connectivity index (χ1n) is 6.16. The molecule has 4 nitrogen and oxygen atoms in total. The Bertz CT molecular complexity index is 373. The quantitative estimate of drug-likeness (QED) is 0.797. The van der Waals surface area contributed by atoms with Crippen molar-refractivity contribution in [3.05, 3.63) is 24.1 Å². The van der Waals surface area contributed by atoms with E-state index in [0.29, 0.717) is 31.1 Å². The number of aromatic nitrogens is 1. The Morgan fingerprint density at radius 1 is 1.47 bits per heavy atom. The zero-order valence-corrected chi connectivity index (χ0v) is 10.5. The summed E-state index contributed by atoms with van der Waals surface area (Å²) in [5.74, 6) is 1.24. The Hall–Kier alpha value is -1.29. The number of hydrogen-bond acceptors (Lipinski definition) is 4. The van der Waals surface area contributed by atoms with Gasteiger partial charge in [-0.25, -0.2) is 0 Å². The molecule has 1 aliphatic rings. The van der Waals surface area contributed by atoms with Gasteiger partial charge < -0.3 is 14.5 Å². The molecule has 0 radical (unpaired) electrons. The van der Waals surface area contributed by atoms with Gasteiger partial charge in [-0.15, -0.1) is 0 Å². The summed E-state index contributed by atoms with van der Waals surface area (Å²) in [6, 6.07) is 0. The number of rotatable bonds is 5. The van der Waals surface area contributed by atoms with E-state index in [-0.39, 0.29) is 0 Å². The van der Waals surface area contributed by atoms with Gasteiger partial charge in [-0.3, -0.25) is 0 Å². The van der Waals surface area contributed by atoms with Crippen molar-refractivity contribution in [1.82, 2.24) is 10.3 Å². The number of nitrogens with zero attached hydrogens (tertiary/aromatic N) is 1. The molecule has 0 saturated carbocycles. The van der Waals surface area contributed by atoms with Crippen molar-refractivity contribution < 1.29 is 9.15 Å². The van der Waals surface area contributed by atoms with Crippen molar-refractivity contribution in [2.45, 2.75) is 26.3 Å². The smallest absolute Gasteiger partial charge is 0.393 e. The van der Waals surface area contributed by atoms with Crippen LogP contribution in [0.1, 0.15) is 25.5 Å². The fourth-order valence-corrected chi connectivity index (χ4v) is 2.03. The summed E-state index contributed by atoms with van der Waals surface area (Å²) in [6.07, 6.45) is 8.73. The Balaban J connectivity index is 1.82. The summed E-state index contributed by atoms with van der Waals surface area (Å²) in [5, 5.41) is 3.02. The van der Waals surface area contributed by atoms with Crippen molar-refractivity contribution in [3.63, 3.8) is 0 Å². The topological polar surface area (TPSA) is 47.3 Å². The molecule has 0 fully saturated rings. The predicted molar refractivity (Wildman–Crippen MR) is 65.8 cm³/mol. The van der Waals surface area contributed by atoms with Crippen LogP contribution in [-0.4, -0.2) is 18.6 Å². The SMILES string of the molecule is CNCc1coc(OCC2CC=CCC2C)n1. The molecule has 0 amide bonds. The number of ether oxygens (including phenoxy) is 1. The van der Waals surface area contributed by atoms with Gasteiger partial charge in [-0.2, -0.15) is 4.98 Å². The van der Waals surface area contributed by atoms with Gasteiger partial charge in [0.15, 0.2) is 0 Å². The van der Waals surface area contributed by atoms with E-state index in [9.17, 15) is 0 Å². The second-order valence-corrected chi connectivity index (χ2v) is 4.63. The van der Waals surface area contributed by atoms with Crippen molar-refractivity contribution in [2.75, 3.05) is 13.7 Å². The lowest BCUT2D eigenvalue weighted by molar-refractivity contribution is 0.157. The van der Waals surface area contributed by atoms with E-state index in [1.54, 1.807) is 6.26 Å². The van der Waals surface area contributed by atoms with Gasteiger partial charge >= 0.3 is 6.08 Å². The Morgan fingerprint density at radius 2 is 2.29 bits per heavy atom. The van der Waals surface area contributed by atoms with E-state index in [1.807, 2.05) is 7.05 Å². The third kappa shape index (κ3) is 3.33. The highest BCUT2D eigenvalue weighted by Crippen LogP contribution is 2.25. The molecule has 0 spiro atoms. The highest BCUT2D eigenvalue weighted by Gasteiger charge is 2.19. The summed E-state index contributed by atoms with van der Waals surface area (Å²) in [6.45, 7) is 3.65. The number of oxazole rings is 1. The maximum absolute atomic E-state index is 5.60. The first-order chi connectivity index (χ1) is 8.29. The normalized spacial score (nSPS) is 23.9. The zero-order chi connectivity index (χ0) is 12.1. The van der Waals surface area contributed by atoms with Crippen molar-refractivity contribution in [3.8, 4) is 6.08 Å². The van der Waals surface area contributed by atoms with Crippen LogP contribution < -0.4 is 10.1 Å². The van der Waals surface area contributed by atoms with Gasteiger partial charge in [-0.1, -0.05) is 19.1 Å². The molecule has 0 saturated heterocycles. The summed E-state index contributed by atoms with van der Waals surface area (Å²) in [4.78, 5) is 4.24. The van der Waals surface area contributed by atoms with Crippen LogP contribution in [0.5, 0.6) is 6.08 Å². The van der Waals surface area contributed by atoms with Crippen LogP contribution in [-0.2, 0) is 6.54 Å². The van der Waals surface area contributed by atoms with Crippen LogP contribution in [0.4, 0.5) is 0 Å². The van der Waals surface area contributed by atoms with Gasteiger partial charge in [-0.05, 0) is 31.7 Å². The van der Waals surface area contributed by atoms with Crippen LogP contribution in [0.3, 0.4) is 0 Å². The fourth-order valence-electron chi connectivity index (χ4n) is 2.03. The molecule has 2 atom stereocenters. The van der Waals surface area contributed by atoms with Crippen molar-refractivity contribution in [2.24, 2.45) is 11.8 Å². The summed E-state index contributed by atoms with van der Waals surface area (Å²) < 4.78 is 10.9. The maximum atomic E-state index is 5.60. The minimum absolute atomic E-state index is 0.386. The van der Waals surface area contributed by atoms with E-state index in [1.165, 1.54) is 0 Å². The minimum Gasteiger partial charge on any atom is -0.450 e. The van der Waals surface area contributed by atoms with Crippen LogP contribution >= 0.6 is 0 Å². The molecule has 1 aromatic heterocycles. The Morgan fingerprint density at radius 3 is 3.06 bits per heavy atom. The van der Waals surface area contributed by atoms with Crippen LogP contribution in [0.25, 0.3) is 0 Å². The Kier molecular flexibility index (Phi) is 4.20. The van der Waals surface area contributed by atoms with Gasteiger partial charge in [0, 0.05) is 6.54 Å². The number of hydrogen-bond donors (Lipinski definition) is 1. The average Bonchev–Trinajstić information content (AvgIpc) is 2.76. The maximum Gasteiger partial charge on any atom is 0.393 e. The monoisotopic (exact) mass is 236 g/mol. The second-order valence-electron chi connectivity index (χ2n) is 4.63. The number of allylic oxidation sites excluding steroid dienone is 2. The highest BCUT2D eigenvalue weighted by atomic mass is 16.6. The third-order valence-electron chi connectivity index (χ3n) is 3.23. The molecule has 1 N–H and O–H groups in total. The molecule has 0 aromatic carbocycles. The van der Waals surface area contributed by atoms with E-state index in [4.69, 9.17) is 9.15 Å². The molecule has 2 unspecified atom stereocenters. The van der Waals surface area contributed by atoms with Crippen LogP contribution in [0.15, 0.2) is 22.8 Å². The third-order valence-corrected chi connectivity index (χ3v) is 3.23. The molecule has 17 heavy (non-hydrogen) atoms. The minimum atomic E-state index is 0.386. The molecular formula is C13H20N2O2. The summed E-state index contributed by atoms with van der Waals surface area (Å²) in [5.41, 5.74) is 0.874. The highest BCUT2D eigenvalue weighted by molar-refractivity contribution is 5.00. The molecule has 94 valence electrons. The molecule has 1 aromatic rings. The van der Waals surface area contributed by atoms with E-state index < -0.39 is 0 Å². The van der Waals surface area contributed by atoms with Crippen LogP contribution in [0, 0.1) is 11.8 Å². The molecule has 0 aliphatic heterocycles. The summed E-state index contributed by atoms with van der Waals surface area (Å²) in [7, 11) is 1.88. The fraction of sp³-hybridized carbons (Fsp3) is 0.615. The molecule has 4 heteroatoms. The lowest BCUT2D eigenvalue weighted by atomic mass is 9.85. The standard InChI is InChI=1S/C13H20N2O2/c1-10-5-3-4-6-11(10)8-16-13-15-12(7-14-2)9-17-13/h3-4,9-11,14H,5-8H2,1-2H3. The molecular weight excluding hydrogens is 216 g/mol.